The first-order valence-electron chi connectivity index (χ1n) is 5.46. The molecule has 2 N–H and O–H groups in total. The van der Waals surface area contributed by atoms with Crippen LogP contribution in [0.4, 0.5) is 10.7 Å². The van der Waals surface area contributed by atoms with Gasteiger partial charge >= 0.3 is 12.0 Å². The highest BCUT2D eigenvalue weighted by Gasteiger charge is 2.20. The zero-order valence-electron chi connectivity index (χ0n) is 10.5. The number of amides is 2. The van der Waals surface area contributed by atoms with Crippen molar-refractivity contribution < 1.29 is 14.7 Å². The lowest BCUT2D eigenvalue weighted by Gasteiger charge is -2.22. The number of tetrazole rings is 1. The van der Waals surface area contributed by atoms with E-state index in [0.717, 1.165) is 0 Å². The summed E-state index contributed by atoms with van der Waals surface area (Å²) in [6, 6.07) is -0.446. The van der Waals surface area contributed by atoms with Gasteiger partial charge in [0, 0.05) is 13.1 Å². The Morgan fingerprint density at radius 3 is 2.67 bits per heavy atom. The van der Waals surface area contributed by atoms with Crippen LogP contribution < -0.4 is 5.32 Å². The van der Waals surface area contributed by atoms with E-state index in [1.165, 1.54) is 9.70 Å². The monoisotopic (exact) mass is 256 g/mol. The summed E-state index contributed by atoms with van der Waals surface area (Å²) in [5.41, 5.74) is 0. The van der Waals surface area contributed by atoms with Crippen LogP contribution in [0.25, 0.3) is 0 Å². The molecule has 0 saturated carbocycles. The lowest BCUT2D eigenvalue weighted by molar-refractivity contribution is -0.141. The fourth-order valence-corrected chi connectivity index (χ4v) is 1.27. The summed E-state index contributed by atoms with van der Waals surface area (Å²) in [7, 11) is 1.58. The van der Waals surface area contributed by atoms with Gasteiger partial charge in [-0.2, -0.15) is 4.80 Å². The van der Waals surface area contributed by atoms with Crippen molar-refractivity contribution in [1.82, 2.24) is 25.1 Å². The summed E-state index contributed by atoms with van der Waals surface area (Å²) in [4.78, 5) is 25.1. The number of carbonyl (C=O) groups excluding carboxylic acids is 1. The molecule has 0 spiro atoms. The van der Waals surface area contributed by atoms with E-state index >= 15 is 0 Å². The molecule has 0 aliphatic rings. The molecule has 1 aromatic heterocycles. The number of rotatable bonds is 5. The molecule has 0 fully saturated rings. The Kier molecular flexibility index (Phi) is 4.58. The zero-order valence-corrected chi connectivity index (χ0v) is 10.5. The molecule has 2 amide bonds. The molecular weight excluding hydrogens is 240 g/mol. The molecule has 0 radical (unpaired) electrons. The number of anilines is 1. The maximum absolute atomic E-state index is 11.8. The van der Waals surface area contributed by atoms with E-state index in [0.29, 0.717) is 6.54 Å². The fourth-order valence-electron chi connectivity index (χ4n) is 1.27. The van der Waals surface area contributed by atoms with Gasteiger partial charge in [-0.05, 0) is 12.1 Å². The molecule has 9 nitrogen and oxygen atoms in total. The Morgan fingerprint density at radius 2 is 2.22 bits per heavy atom. The summed E-state index contributed by atoms with van der Waals surface area (Å²) >= 11 is 0. The molecule has 100 valence electrons. The highest BCUT2D eigenvalue weighted by atomic mass is 16.4. The molecule has 1 aromatic rings. The quantitative estimate of drug-likeness (QED) is 0.753. The Bertz CT molecular complexity index is 432. The van der Waals surface area contributed by atoms with Gasteiger partial charge in [-0.3, -0.25) is 10.1 Å². The van der Waals surface area contributed by atoms with Crippen LogP contribution in [0, 0.1) is 5.92 Å². The number of carboxylic acids is 1. The van der Waals surface area contributed by atoms with Crippen molar-refractivity contribution in [3.63, 3.8) is 0 Å². The highest BCUT2D eigenvalue weighted by molar-refractivity contribution is 5.87. The normalized spacial score (nSPS) is 11.9. The maximum Gasteiger partial charge on any atom is 0.324 e. The van der Waals surface area contributed by atoms with Crippen molar-refractivity contribution >= 4 is 17.9 Å². The van der Waals surface area contributed by atoms with E-state index in [1.807, 2.05) is 0 Å². The first-order valence-corrected chi connectivity index (χ1v) is 5.46. The van der Waals surface area contributed by atoms with Crippen LogP contribution in [0.1, 0.15) is 13.8 Å². The molecule has 1 rings (SSSR count). The van der Waals surface area contributed by atoms with Gasteiger partial charge in [0.25, 0.3) is 5.95 Å². The molecule has 0 aliphatic carbocycles. The molecule has 0 bridgehead atoms. The Balaban J connectivity index is 2.59. The molecule has 9 heteroatoms. The number of aromatic nitrogens is 4. The third-order valence-corrected chi connectivity index (χ3v) is 2.31. The molecule has 0 aromatic carbocycles. The van der Waals surface area contributed by atoms with Crippen LogP contribution in [-0.4, -0.2) is 55.3 Å². The highest BCUT2D eigenvalue weighted by Crippen LogP contribution is 2.03. The van der Waals surface area contributed by atoms with Crippen molar-refractivity contribution in [3.05, 3.63) is 0 Å². The number of carbonyl (C=O) groups is 2. The topological polar surface area (TPSA) is 113 Å². The summed E-state index contributed by atoms with van der Waals surface area (Å²) in [5.74, 6) is -1.49. The Labute approximate surface area is 104 Å². The van der Waals surface area contributed by atoms with Gasteiger partial charge in [0.05, 0.1) is 13.0 Å². The lowest BCUT2D eigenvalue weighted by atomic mass is 10.2. The number of hydrogen-bond acceptors (Lipinski definition) is 5. The van der Waals surface area contributed by atoms with Gasteiger partial charge in [0.1, 0.15) is 0 Å². The predicted octanol–water partition coefficient (Wildman–Crippen LogP) is -0.215. The van der Waals surface area contributed by atoms with Gasteiger partial charge < -0.3 is 10.0 Å². The van der Waals surface area contributed by atoms with Crippen molar-refractivity contribution in [2.75, 3.05) is 18.4 Å². The minimum Gasteiger partial charge on any atom is -0.481 e. The average molecular weight is 256 g/mol. The number of hydrogen-bond donors (Lipinski definition) is 2. The molecule has 1 heterocycles. The van der Waals surface area contributed by atoms with E-state index in [1.54, 1.807) is 20.9 Å². The van der Waals surface area contributed by atoms with E-state index in [9.17, 15) is 9.59 Å². The van der Waals surface area contributed by atoms with Crippen molar-refractivity contribution in [1.29, 1.82) is 0 Å². The minimum absolute atomic E-state index is 0.0870. The second-order valence-electron chi connectivity index (χ2n) is 3.81. The molecule has 18 heavy (non-hydrogen) atoms. The van der Waals surface area contributed by atoms with Crippen molar-refractivity contribution in [2.45, 2.75) is 13.8 Å². The number of aliphatic carboxylic acids is 1. The van der Waals surface area contributed by atoms with Crippen LogP contribution >= 0.6 is 0 Å². The van der Waals surface area contributed by atoms with Crippen LogP contribution in [0.15, 0.2) is 0 Å². The predicted molar refractivity (Wildman–Crippen MR) is 61.9 cm³/mol. The van der Waals surface area contributed by atoms with Crippen LogP contribution in [0.2, 0.25) is 0 Å². The van der Waals surface area contributed by atoms with Gasteiger partial charge in [-0.25, -0.2) is 4.79 Å². The summed E-state index contributed by atoms with van der Waals surface area (Å²) in [5, 5.41) is 22.2. The maximum atomic E-state index is 11.8. The second-order valence-corrected chi connectivity index (χ2v) is 3.81. The number of aryl methyl sites for hydroxylation is 1. The SMILES string of the molecule is CCN(CC(C)C(=O)O)C(=O)Nc1nnn(C)n1. The number of urea groups is 1. The van der Waals surface area contributed by atoms with E-state index in [4.69, 9.17) is 5.11 Å². The summed E-state index contributed by atoms with van der Waals surface area (Å²) < 4.78 is 0. The first-order chi connectivity index (χ1) is 8.43. The van der Waals surface area contributed by atoms with Gasteiger partial charge in [0.2, 0.25) is 0 Å². The summed E-state index contributed by atoms with van der Waals surface area (Å²) in [6.07, 6.45) is 0. The molecule has 0 aliphatic heterocycles. The lowest BCUT2D eigenvalue weighted by Crippen LogP contribution is -2.39. The summed E-state index contributed by atoms with van der Waals surface area (Å²) in [6.45, 7) is 3.82. The van der Waals surface area contributed by atoms with Crippen LogP contribution in [0.5, 0.6) is 0 Å². The van der Waals surface area contributed by atoms with E-state index in [2.05, 4.69) is 20.7 Å². The molecule has 0 saturated heterocycles. The largest absolute Gasteiger partial charge is 0.481 e. The van der Waals surface area contributed by atoms with Gasteiger partial charge in [-0.1, -0.05) is 12.0 Å². The third-order valence-electron chi connectivity index (χ3n) is 2.31. The number of nitrogens with one attached hydrogen (secondary N) is 1. The number of carboxylic acid groups (broad SMARTS) is 1. The molecular formula is C9H16N6O3. The van der Waals surface area contributed by atoms with Crippen molar-refractivity contribution in [3.8, 4) is 0 Å². The number of nitrogens with zero attached hydrogens (tertiary/aromatic N) is 5. The second kappa shape index (κ2) is 5.94. The fraction of sp³-hybridized carbons (Fsp3) is 0.667. The first kappa shape index (κ1) is 13.9. The average Bonchev–Trinajstić information content (AvgIpc) is 2.70. The van der Waals surface area contributed by atoms with Crippen LogP contribution in [0.3, 0.4) is 0 Å². The van der Waals surface area contributed by atoms with Gasteiger partial charge in [-0.15, -0.1) is 5.10 Å². The molecule has 1 unspecified atom stereocenters. The molecule has 1 atom stereocenters. The zero-order chi connectivity index (χ0) is 13.7. The van der Waals surface area contributed by atoms with Crippen molar-refractivity contribution in [2.24, 2.45) is 13.0 Å². The third kappa shape index (κ3) is 3.68. The van der Waals surface area contributed by atoms with Gasteiger partial charge in [0.15, 0.2) is 0 Å². The standard InChI is InChI=1S/C9H16N6O3/c1-4-15(5-6(2)7(16)17)9(18)10-8-11-13-14(3)12-8/h6H,4-5H2,1-3H3,(H,16,17)(H,10,12,18). The van der Waals surface area contributed by atoms with Crippen LogP contribution in [-0.2, 0) is 11.8 Å². The van der Waals surface area contributed by atoms with E-state index in [-0.39, 0.29) is 12.5 Å². The smallest absolute Gasteiger partial charge is 0.324 e. The Morgan fingerprint density at radius 1 is 1.56 bits per heavy atom. The Hall–Kier alpha value is -2.19. The van der Waals surface area contributed by atoms with E-state index < -0.39 is 17.9 Å². The minimum atomic E-state index is -0.945.